The van der Waals surface area contributed by atoms with Crippen LogP contribution in [-0.4, -0.2) is 42.8 Å². The molecular formula is C17H25FN2O. The van der Waals surface area contributed by atoms with Crippen molar-refractivity contribution in [3.05, 3.63) is 35.6 Å². The summed E-state index contributed by atoms with van der Waals surface area (Å²) in [7, 11) is 1.95. The molecule has 116 valence electrons. The second-order valence-electron chi connectivity index (χ2n) is 6.51. The number of rotatable bonds is 5. The molecule has 4 unspecified atom stereocenters. The van der Waals surface area contributed by atoms with Gasteiger partial charge in [0.1, 0.15) is 5.82 Å². The number of benzene rings is 1. The molecule has 1 saturated carbocycles. The van der Waals surface area contributed by atoms with Crippen molar-refractivity contribution in [2.75, 3.05) is 26.7 Å². The number of likely N-dealkylation sites (tertiary alicyclic amines) is 1. The van der Waals surface area contributed by atoms with Crippen molar-refractivity contribution < 1.29 is 9.50 Å². The molecule has 2 aliphatic rings. The van der Waals surface area contributed by atoms with Crippen LogP contribution < -0.4 is 5.32 Å². The summed E-state index contributed by atoms with van der Waals surface area (Å²) in [6.45, 7) is 3.19. The minimum Gasteiger partial charge on any atom is -0.393 e. The predicted molar refractivity (Wildman–Crippen MR) is 81.5 cm³/mol. The van der Waals surface area contributed by atoms with Crippen LogP contribution in [0.25, 0.3) is 0 Å². The Labute approximate surface area is 126 Å². The third-order valence-electron chi connectivity index (χ3n) is 5.25. The molecule has 2 N–H and O–H groups in total. The van der Waals surface area contributed by atoms with Crippen molar-refractivity contribution in [2.45, 2.75) is 31.4 Å². The van der Waals surface area contributed by atoms with Gasteiger partial charge >= 0.3 is 0 Å². The van der Waals surface area contributed by atoms with E-state index >= 15 is 0 Å². The maximum atomic E-state index is 13.0. The molecule has 1 heterocycles. The van der Waals surface area contributed by atoms with Gasteiger partial charge in [-0.25, -0.2) is 4.39 Å². The van der Waals surface area contributed by atoms with Crippen molar-refractivity contribution in [2.24, 2.45) is 11.8 Å². The average Bonchev–Trinajstić information content (AvgIpc) is 3.04. The Morgan fingerprint density at radius 1 is 1.29 bits per heavy atom. The fourth-order valence-corrected chi connectivity index (χ4v) is 4.00. The molecular weight excluding hydrogens is 267 g/mol. The largest absolute Gasteiger partial charge is 0.393 e. The van der Waals surface area contributed by atoms with Gasteiger partial charge in [0.05, 0.1) is 6.10 Å². The predicted octanol–water partition coefficient (Wildman–Crippen LogP) is 2.18. The fraction of sp³-hybridized carbons (Fsp3) is 0.647. The van der Waals surface area contributed by atoms with Crippen molar-refractivity contribution in [1.29, 1.82) is 0 Å². The smallest absolute Gasteiger partial charge is 0.123 e. The van der Waals surface area contributed by atoms with Crippen LogP contribution in [0.5, 0.6) is 0 Å². The molecule has 4 atom stereocenters. The summed E-state index contributed by atoms with van der Waals surface area (Å²) in [5, 5.41) is 13.3. The Morgan fingerprint density at radius 3 is 2.71 bits per heavy atom. The molecule has 21 heavy (non-hydrogen) atoms. The number of aliphatic hydroxyl groups excluding tert-OH is 1. The number of fused-ring (bicyclic) bond motifs is 1. The maximum absolute atomic E-state index is 13.0. The summed E-state index contributed by atoms with van der Waals surface area (Å²) in [4.78, 5) is 2.48. The van der Waals surface area contributed by atoms with Gasteiger partial charge in [-0.15, -0.1) is 0 Å². The number of aliphatic hydroxyl groups is 1. The van der Waals surface area contributed by atoms with E-state index in [2.05, 4.69) is 10.2 Å². The van der Waals surface area contributed by atoms with Gasteiger partial charge in [-0.2, -0.15) is 0 Å². The number of halogens is 1. The lowest BCUT2D eigenvalue weighted by Crippen LogP contribution is -2.29. The third-order valence-corrected chi connectivity index (χ3v) is 5.25. The number of nitrogens with zero attached hydrogens (tertiary/aromatic N) is 1. The van der Waals surface area contributed by atoms with Crippen molar-refractivity contribution in [3.63, 3.8) is 0 Å². The van der Waals surface area contributed by atoms with Crippen LogP contribution in [0.3, 0.4) is 0 Å². The Bertz CT molecular complexity index is 464. The van der Waals surface area contributed by atoms with Gasteiger partial charge in [0.2, 0.25) is 0 Å². The quantitative estimate of drug-likeness (QED) is 0.873. The molecule has 0 aromatic heterocycles. The van der Waals surface area contributed by atoms with E-state index in [4.69, 9.17) is 0 Å². The van der Waals surface area contributed by atoms with Crippen molar-refractivity contribution in [3.8, 4) is 0 Å². The number of hydrogen-bond acceptors (Lipinski definition) is 3. The van der Waals surface area contributed by atoms with Gasteiger partial charge < -0.3 is 15.3 Å². The molecule has 1 aliphatic carbocycles. The molecule has 1 saturated heterocycles. The first kappa shape index (κ1) is 14.9. The van der Waals surface area contributed by atoms with Gasteiger partial charge in [0.15, 0.2) is 0 Å². The van der Waals surface area contributed by atoms with Gasteiger partial charge in [-0.3, -0.25) is 0 Å². The van der Waals surface area contributed by atoms with Gasteiger partial charge in [-0.05, 0) is 56.5 Å². The summed E-state index contributed by atoms with van der Waals surface area (Å²) in [5.41, 5.74) is 1.14. The van der Waals surface area contributed by atoms with Crippen LogP contribution in [0.2, 0.25) is 0 Å². The zero-order chi connectivity index (χ0) is 14.8. The van der Waals surface area contributed by atoms with Gasteiger partial charge in [0, 0.05) is 25.0 Å². The number of hydrogen-bond donors (Lipinski definition) is 2. The highest BCUT2D eigenvalue weighted by atomic mass is 19.1. The monoisotopic (exact) mass is 292 g/mol. The normalized spacial score (nSPS) is 30.5. The van der Waals surface area contributed by atoms with Gasteiger partial charge in [0.25, 0.3) is 0 Å². The fourth-order valence-electron chi connectivity index (χ4n) is 4.00. The molecule has 1 aromatic carbocycles. The SMILES string of the molecule is CNC(CCN1CC2CCC(O)C2C1)c1ccc(F)cc1. The Kier molecular flexibility index (Phi) is 4.57. The molecule has 0 spiro atoms. The zero-order valence-electron chi connectivity index (χ0n) is 12.6. The highest BCUT2D eigenvalue weighted by molar-refractivity contribution is 5.19. The lowest BCUT2D eigenvalue weighted by Gasteiger charge is -2.22. The second-order valence-corrected chi connectivity index (χ2v) is 6.51. The Morgan fingerprint density at radius 2 is 2.05 bits per heavy atom. The Balaban J connectivity index is 1.53. The first-order valence-corrected chi connectivity index (χ1v) is 8.00. The minimum absolute atomic E-state index is 0.0859. The first-order valence-electron chi connectivity index (χ1n) is 8.00. The summed E-state index contributed by atoms with van der Waals surface area (Å²) >= 11 is 0. The maximum Gasteiger partial charge on any atom is 0.123 e. The lowest BCUT2D eigenvalue weighted by atomic mass is 10.00. The van der Waals surface area contributed by atoms with Crippen molar-refractivity contribution >= 4 is 0 Å². The average molecular weight is 292 g/mol. The van der Waals surface area contributed by atoms with Gasteiger partial charge in [-0.1, -0.05) is 12.1 Å². The van der Waals surface area contributed by atoms with Crippen LogP contribution in [0.15, 0.2) is 24.3 Å². The van der Waals surface area contributed by atoms with E-state index in [0.29, 0.717) is 11.8 Å². The van der Waals surface area contributed by atoms with E-state index in [9.17, 15) is 9.50 Å². The number of nitrogens with one attached hydrogen (secondary N) is 1. The molecule has 1 aromatic rings. The van der Waals surface area contributed by atoms with E-state index in [-0.39, 0.29) is 18.0 Å². The molecule has 1 aliphatic heterocycles. The molecule has 0 bridgehead atoms. The van der Waals surface area contributed by atoms with E-state index in [0.717, 1.165) is 38.0 Å². The minimum atomic E-state index is -0.185. The van der Waals surface area contributed by atoms with E-state index < -0.39 is 0 Å². The Hall–Kier alpha value is -0.970. The molecule has 3 nitrogen and oxygen atoms in total. The third kappa shape index (κ3) is 3.28. The zero-order valence-corrected chi connectivity index (χ0v) is 12.6. The summed E-state index contributed by atoms with van der Waals surface area (Å²) in [5.74, 6) is 0.998. The van der Waals surface area contributed by atoms with E-state index in [1.165, 1.54) is 18.6 Å². The van der Waals surface area contributed by atoms with E-state index in [1.807, 2.05) is 19.2 Å². The van der Waals surface area contributed by atoms with Crippen LogP contribution in [0.4, 0.5) is 4.39 Å². The summed E-state index contributed by atoms with van der Waals surface area (Å²) in [6, 6.07) is 7.03. The van der Waals surface area contributed by atoms with Crippen LogP contribution in [-0.2, 0) is 0 Å². The molecule has 0 radical (unpaired) electrons. The summed E-state index contributed by atoms with van der Waals surface area (Å²) < 4.78 is 13.0. The topological polar surface area (TPSA) is 35.5 Å². The molecule has 0 amide bonds. The molecule has 2 fully saturated rings. The standard InChI is InChI=1S/C17H25FN2O/c1-19-16(12-2-5-14(18)6-3-12)8-9-20-10-13-4-7-17(21)15(13)11-20/h2-3,5-6,13,15-17,19,21H,4,7-11H2,1H3. The molecule has 4 heteroatoms. The van der Waals surface area contributed by atoms with E-state index in [1.54, 1.807) is 0 Å². The van der Waals surface area contributed by atoms with Crippen LogP contribution in [0, 0.1) is 17.7 Å². The molecule has 3 rings (SSSR count). The lowest BCUT2D eigenvalue weighted by molar-refractivity contribution is 0.124. The summed E-state index contributed by atoms with van der Waals surface area (Å²) in [6.07, 6.45) is 3.09. The van der Waals surface area contributed by atoms with Crippen molar-refractivity contribution in [1.82, 2.24) is 10.2 Å². The second kappa shape index (κ2) is 6.42. The highest BCUT2D eigenvalue weighted by Gasteiger charge is 2.41. The van der Waals surface area contributed by atoms with Crippen LogP contribution >= 0.6 is 0 Å². The highest BCUT2D eigenvalue weighted by Crippen LogP contribution is 2.38. The van der Waals surface area contributed by atoms with Crippen LogP contribution in [0.1, 0.15) is 30.9 Å². The first-order chi connectivity index (χ1) is 10.2.